The van der Waals surface area contributed by atoms with E-state index in [9.17, 15) is 4.79 Å². The fraction of sp³-hybridized carbons (Fsp3) is 0.462. The van der Waals surface area contributed by atoms with Crippen molar-refractivity contribution in [3.05, 3.63) is 29.3 Å². The predicted molar refractivity (Wildman–Crippen MR) is 66.3 cm³/mol. The SMILES string of the molecule is CN1CCCc2c(OCCN)cccc2C1=O. The number of rotatable bonds is 3. The molecule has 0 bridgehead atoms. The average Bonchev–Trinajstić information content (AvgIpc) is 2.49. The largest absolute Gasteiger partial charge is 0.492 e. The van der Waals surface area contributed by atoms with E-state index in [1.807, 2.05) is 25.2 Å². The maximum atomic E-state index is 12.1. The summed E-state index contributed by atoms with van der Waals surface area (Å²) in [5.41, 5.74) is 7.22. The number of benzene rings is 1. The Balaban J connectivity index is 2.36. The summed E-state index contributed by atoms with van der Waals surface area (Å²) in [6, 6.07) is 5.64. The van der Waals surface area contributed by atoms with Crippen LogP contribution < -0.4 is 10.5 Å². The maximum absolute atomic E-state index is 12.1. The number of hydrogen-bond acceptors (Lipinski definition) is 3. The lowest BCUT2D eigenvalue weighted by atomic mass is 10.0. The lowest BCUT2D eigenvalue weighted by molar-refractivity contribution is 0.0800. The number of carbonyl (C=O) groups excluding carboxylic acids is 1. The van der Waals surface area contributed by atoms with Gasteiger partial charge >= 0.3 is 0 Å². The summed E-state index contributed by atoms with van der Waals surface area (Å²) in [6.07, 6.45) is 1.85. The zero-order valence-electron chi connectivity index (χ0n) is 10.1. The molecule has 0 aliphatic carbocycles. The molecular weight excluding hydrogens is 216 g/mol. The molecule has 2 rings (SSSR count). The molecule has 0 aromatic heterocycles. The van der Waals surface area contributed by atoms with Gasteiger partial charge in [-0.1, -0.05) is 6.07 Å². The van der Waals surface area contributed by atoms with Crippen LogP contribution in [-0.2, 0) is 6.42 Å². The molecule has 1 aromatic carbocycles. The van der Waals surface area contributed by atoms with Gasteiger partial charge in [-0.25, -0.2) is 0 Å². The van der Waals surface area contributed by atoms with E-state index in [1.54, 1.807) is 4.90 Å². The third kappa shape index (κ3) is 2.42. The molecule has 17 heavy (non-hydrogen) atoms. The van der Waals surface area contributed by atoms with Gasteiger partial charge in [-0.2, -0.15) is 0 Å². The average molecular weight is 234 g/mol. The van der Waals surface area contributed by atoms with Crippen LogP contribution in [0.5, 0.6) is 5.75 Å². The minimum atomic E-state index is 0.0794. The molecule has 1 aliphatic rings. The van der Waals surface area contributed by atoms with Crippen molar-refractivity contribution in [3.8, 4) is 5.75 Å². The second-order valence-electron chi connectivity index (χ2n) is 4.25. The fourth-order valence-electron chi connectivity index (χ4n) is 2.13. The minimum Gasteiger partial charge on any atom is -0.492 e. The van der Waals surface area contributed by atoms with E-state index in [4.69, 9.17) is 10.5 Å². The van der Waals surface area contributed by atoms with Crippen molar-refractivity contribution < 1.29 is 9.53 Å². The summed E-state index contributed by atoms with van der Waals surface area (Å²) in [6.45, 7) is 1.77. The van der Waals surface area contributed by atoms with Crippen LogP contribution in [0.2, 0.25) is 0 Å². The quantitative estimate of drug-likeness (QED) is 0.850. The van der Waals surface area contributed by atoms with Crippen molar-refractivity contribution in [2.75, 3.05) is 26.7 Å². The van der Waals surface area contributed by atoms with Gasteiger partial charge in [0.05, 0.1) is 0 Å². The first-order chi connectivity index (χ1) is 8.24. The monoisotopic (exact) mass is 234 g/mol. The summed E-state index contributed by atoms with van der Waals surface area (Å²) in [7, 11) is 1.84. The highest BCUT2D eigenvalue weighted by Crippen LogP contribution is 2.27. The molecule has 0 fully saturated rings. The third-order valence-electron chi connectivity index (χ3n) is 3.01. The van der Waals surface area contributed by atoms with Crippen LogP contribution >= 0.6 is 0 Å². The highest BCUT2D eigenvalue weighted by Gasteiger charge is 2.21. The van der Waals surface area contributed by atoms with E-state index in [2.05, 4.69) is 0 Å². The van der Waals surface area contributed by atoms with Crippen molar-refractivity contribution in [1.82, 2.24) is 4.90 Å². The van der Waals surface area contributed by atoms with Crippen LogP contribution in [0, 0.1) is 0 Å². The topological polar surface area (TPSA) is 55.6 Å². The van der Waals surface area contributed by atoms with Gasteiger partial charge < -0.3 is 15.4 Å². The fourth-order valence-corrected chi connectivity index (χ4v) is 2.13. The van der Waals surface area contributed by atoms with Gasteiger partial charge in [-0.15, -0.1) is 0 Å². The summed E-state index contributed by atoms with van der Waals surface area (Å²) in [5, 5.41) is 0. The Kier molecular flexibility index (Phi) is 3.64. The zero-order valence-corrected chi connectivity index (χ0v) is 10.1. The number of fused-ring (bicyclic) bond motifs is 1. The highest BCUT2D eigenvalue weighted by atomic mass is 16.5. The van der Waals surface area contributed by atoms with E-state index in [-0.39, 0.29) is 5.91 Å². The maximum Gasteiger partial charge on any atom is 0.254 e. The number of ether oxygens (including phenoxy) is 1. The van der Waals surface area contributed by atoms with Gasteiger partial charge in [0.25, 0.3) is 5.91 Å². The van der Waals surface area contributed by atoms with Crippen LogP contribution in [-0.4, -0.2) is 37.6 Å². The summed E-state index contributed by atoms with van der Waals surface area (Å²) >= 11 is 0. The molecule has 0 atom stereocenters. The van der Waals surface area contributed by atoms with Gasteiger partial charge in [0.2, 0.25) is 0 Å². The van der Waals surface area contributed by atoms with Gasteiger partial charge in [-0.3, -0.25) is 4.79 Å². The highest BCUT2D eigenvalue weighted by molar-refractivity contribution is 5.96. The number of amides is 1. The van der Waals surface area contributed by atoms with Crippen LogP contribution in [0.25, 0.3) is 0 Å². The molecule has 0 unspecified atom stereocenters. The molecule has 92 valence electrons. The molecule has 2 N–H and O–H groups in total. The second-order valence-corrected chi connectivity index (χ2v) is 4.25. The standard InChI is InChI=1S/C13H18N2O2/c1-15-8-3-5-10-11(13(15)16)4-2-6-12(10)17-9-7-14/h2,4,6H,3,5,7-9,14H2,1H3. The van der Waals surface area contributed by atoms with E-state index in [0.29, 0.717) is 13.2 Å². The molecule has 0 spiro atoms. The molecular formula is C13H18N2O2. The Labute approximate surface area is 101 Å². The van der Waals surface area contributed by atoms with Gasteiger partial charge in [0.15, 0.2) is 0 Å². The van der Waals surface area contributed by atoms with E-state index >= 15 is 0 Å². The normalized spacial score (nSPS) is 15.4. The Morgan fingerprint density at radius 2 is 2.29 bits per heavy atom. The molecule has 4 heteroatoms. The molecule has 0 saturated carbocycles. The Bertz CT molecular complexity index is 418. The van der Waals surface area contributed by atoms with E-state index in [0.717, 1.165) is 36.3 Å². The van der Waals surface area contributed by atoms with Crippen molar-refractivity contribution in [3.63, 3.8) is 0 Å². The number of nitrogens with two attached hydrogens (primary N) is 1. The Morgan fingerprint density at radius 3 is 3.06 bits per heavy atom. The van der Waals surface area contributed by atoms with Crippen molar-refractivity contribution in [2.24, 2.45) is 5.73 Å². The van der Waals surface area contributed by atoms with E-state index < -0.39 is 0 Å². The van der Waals surface area contributed by atoms with Gasteiger partial charge in [0, 0.05) is 31.3 Å². The first-order valence-electron chi connectivity index (χ1n) is 5.94. The molecule has 0 radical (unpaired) electrons. The van der Waals surface area contributed by atoms with Crippen molar-refractivity contribution in [2.45, 2.75) is 12.8 Å². The Hall–Kier alpha value is -1.55. The van der Waals surface area contributed by atoms with Crippen molar-refractivity contribution >= 4 is 5.91 Å². The van der Waals surface area contributed by atoms with Crippen LogP contribution in [0.4, 0.5) is 0 Å². The lowest BCUT2D eigenvalue weighted by Crippen LogP contribution is -2.26. The second kappa shape index (κ2) is 5.19. The lowest BCUT2D eigenvalue weighted by Gasteiger charge is -2.15. The third-order valence-corrected chi connectivity index (χ3v) is 3.01. The number of carbonyl (C=O) groups is 1. The number of nitrogens with zero attached hydrogens (tertiary/aromatic N) is 1. The van der Waals surface area contributed by atoms with Gasteiger partial charge in [-0.05, 0) is 25.0 Å². The molecule has 1 aliphatic heterocycles. The first kappa shape index (κ1) is 11.9. The first-order valence-corrected chi connectivity index (χ1v) is 5.94. The summed E-state index contributed by atoms with van der Waals surface area (Å²) in [5.74, 6) is 0.882. The van der Waals surface area contributed by atoms with Crippen LogP contribution in [0.3, 0.4) is 0 Å². The predicted octanol–water partition coefficient (Wildman–Crippen LogP) is 1.04. The zero-order chi connectivity index (χ0) is 12.3. The molecule has 4 nitrogen and oxygen atoms in total. The summed E-state index contributed by atoms with van der Waals surface area (Å²) < 4.78 is 5.60. The van der Waals surface area contributed by atoms with Crippen LogP contribution in [0.1, 0.15) is 22.3 Å². The van der Waals surface area contributed by atoms with Crippen molar-refractivity contribution in [1.29, 1.82) is 0 Å². The Morgan fingerprint density at radius 1 is 1.47 bits per heavy atom. The molecule has 1 aromatic rings. The molecule has 0 saturated heterocycles. The van der Waals surface area contributed by atoms with Gasteiger partial charge in [0.1, 0.15) is 12.4 Å². The summed E-state index contributed by atoms with van der Waals surface area (Å²) in [4.78, 5) is 13.9. The smallest absolute Gasteiger partial charge is 0.254 e. The van der Waals surface area contributed by atoms with E-state index in [1.165, 1.54) is 0 Å². The number of hydrogen-bond donors (Lipinski definition) is 1. The molecule has 1 amide bonds. The molecule has 1 heterocycles. The van der Waals surface area contributed by atoms with Crippen LogP contribution in [0.15, 0.2) is 18.2 Å². The minimum absolute atomic E-state index is 0.0794.